The van der Waals surface area contributed by atoms with Gasteiger partial charge in [0.15, 0.2) is 0 Å². The lowest BCUT2D eigenvalue weighted by Crippen LogP contribution is -2.27. The van der Waals surface area contributed by atoms with Crippen LogP contribution in [0, 0.1) is 27.2 Å². The zero-order valence-electron chi connectivity index (χ0n) is 18.2. The van der Waals surface area contributed by atoms with Gasteiger partial charge in [-0.1, -0.05) is 66.2 Å². The number of benzene rings is 4. The van der Waals surface area contributed by atoms with Crippen LogP contribution in [0.2, 0.25) is 0 Å². The van der Waals surface area contributed by atoms with Gasteiger partial charge in [0.2, 0.25) is 0 Å². The van der Waals surface area contributed by atoms with E-state index in [9.17, 15) is 20.2 Å². The molecular formula is C26H20N4O4. The van der Waals surface area contributed by atoms with Crippen LogP contribution in [0.1, 0.15) is 11.1 Å². The maximum absolute atomic E-state index is 12.0. The number of rotatable bonds is 6. The summed E-state index contributed by atoms with van der Waals surface area (Å²) in [6, 6.07) is 29.6. The first kappa shape index (κ1) is 22.3. The third-order valence-electron chi connectivity index (χ3n) is 5.13. The van der Waals surface area contributed by atoms with Crippen molar-refractivity contribution in [3.05, 3.63) is 134 Å². The standard InChI is InChI=1S/C26H20N4O4/c1-19-12-14-21(15-13-19)27-26(20-8-4-2-5-9-20)28(22-10-6-3-7-11-22)24-17-16-23(29(31)32)18-25(24)30(33)34/h2-18H,1H3. The third kappa shape index (κ3) is 4.81. The molecule has 0 saturated carbocycles. The van der Waals surface area contributed by atoms with Crippen LogP contribution in [0.25, 0.3) is 0 Å². The maximum Gasteiger partial charge on any atom is 0.300 e. The van der Waals surface area contributed by atoms with Gasteiger partial charge in [-0.15, -0.1) is 0 Å². The molecule has 0 aromatic heterocycles. The molecule has 0 fully saturated rings. The van der Waals surface area contributed by atoms with Crippen molar-refractivity contribution in [1.29, 1.82) is 0 Å². The van der Waals surface area contributed by atoms with Crippen molar-refractivity contribution in [2.45, 2.75) is 6.92 Å². The van der Waals surface area contributed by atoms with Crippen LogP contribution >= 0.6 is 0 Å². The Bertz CT molecular complexity index is 1350. The van der Waals surface area contributed by atoms with Crippen molar-refractivity contribution in [1.82, 2.24) is 0 Å². The van der Waals surface area contributed by atoms with Crippen LogP contribution in [0.5, 0.6) is 0 Å². The van der Waals surface area contributed by atoms with E-state index in [-0.39, 0.29) is 11.4 Å². The number of nitro benzene ring substituents is 2. The lowest BCUT2D eigenvalue weighted by molar-refractivity contribution is -0.393. The first-order valence-corrected chi connectivity index (χ1v) is 10.4. The molecule has 8 heteroatoms. The quantitative estimate of drug-likeness (QED) is 0.140. The number of nitro groups is 2. The summed E-state index contributed by atoms with van der Waals surface area (Å²) in [6.45, 7) is 1.97. The van der Waals surface area contributed by atoms with Gasteiger partial charge in [-0.2, -0.15) is 0 Å². The van der Waals surface area contributed by atoms with Crippen molar-refractivity contribution in [2.24, 2.45) is 4.99 Å². The van der Waals surface area contributed by atoms with Crippen LogP contribution in [0.3, 0.4) is 0 Å². The van der Waals surface area contributed by atoms with Gasteiger partial charge in [0, 0.05) is 17.3 Å². The van der Waals surface area contributed by atoms with Crippen molar-refractivity contribution >= 4 is 34.3 Å². The van der Waals surface area contributed by atoms with E-state index in [1.165, 1.54) is 12.1 Å². The number of aliphatic imine (C=N–C) groups is 1. The zero-order chi connectivity index (χ0) is 24.1. The largest absolute Gasteiger partial charge is 0.300 e. The first-order chi connectivity index (χ1) is 16.4. The fraction of sp³-hybridized carbons (Fsp3) is 0.0385. The molecule has 0 atom stereocenters. The number of hydrogen-bond donors (Lipinski definition) is 0. The summed E-state index contributed by atoms with van der Waals surface area (Å²) in [5, 5.41) is 23.3. The Hall–Kier alpha value is -4.85. The molecule has 4 aromatic carbocycles. The Morgan fingerprint density at radius 1 is 0.765 bits per heavy atom. The topological polar surface area (TPSA) is 102 Å². The van der Waals surface area contributed by atoms with Crippen LogP contribution < -0.4 is 4.90 Å². The Balaban J connectivity index is 2.02. The summed E-state index contributed by atoms with van der Waals surface area (Å²) < 4.78 is 0. The molecule has 168 valence electrons. The highest BCUT2D eigenvalue weighted by atomic mass is 16.6. The zero-order valence-corrected chi connectivity index (χ0v) is 18.2. The van der Waals surface area contributed by atoms with Gasteiger partial charge in [0.25, 0.3) is 11.4 Å². The summed E-state index contributed by atoms with van der Waals surface area (Å²) in [5.41, 5.74) is 2.48. The molecule has 0 aliphatic rings. The SMILES string of the molecule is Cc1ccc(N=C(c2ccccc2)N(c2ccccc2)c2ccc([N+](=O)[O-])cc2[N+](=O)[O-])cc1. The molecule has 0 aliphatic carbocycles. The number of amidine groups is 1. The van der Waals surface area contributed by atoms with E-state index in [1.54, 1.807) is 17.0 Å². The molecule has 4 aromatic rings. The number of nitrogens with zero attached hydrogens (tertiary/aromatic N) is 4. The van der Waals surface area contributed by atoms with Gasteiger partial charge in [0.1, 0.15) is 11.5 Å². The van der Waals surface area contributed by atoms with Crippen molar-refractivity contribution in [3.63, 3.8) is 0 Å². The van der Waals surface area contributed by atoms with Crippen molar-refractivity contribution in [2.75, 3.05) is 4.90 Å². The average Bonchev–Trinajstić information content (AvgIpc) is 2.86. The molecule has 0 bridgehead atoms. The number of aryl methyl sites for hydroxylation is 1. The lowest BCUT2D eigenvalue weighted by Gasteiger charge is -2.26. The highest BCUT2D eigenvalue weighted by molar-refractivity contribution is 6.16. The minimum atomic E-state index is -0.651. The second kappa shape index (κ2) is 9.74. The Morgan fingerprint density at radius 2 is 1.38 bits per heavy atom. The molecule has 0 N–H and O–H groups in total. The molecule has 4 rings (SSSR count). The molecule has 0 unspecified atom stereocenters. The number of para-hydroxylation sites is 1. The van der Waals surface area contributed by atoms with Gasteiger partial charge in [-0.05, 0) is 37.3 Å². The smallest absolute Gasteiger partial charge is 0.288 e. The fourth-order valence-electron chi connectivity index (χ4n) is 3.49. The monoisotopic (exact) mass is 452 g/mol. The molecule has 34 heavy (non-hydrogen) atoms. The summed E-state index contributed by atoms with van der Waals surface area (Å²) in [6.07, 6.45) is 0. The number of anilines is 2. The van der Waals surface area contributed by atoms with Crippen LogP contribution in [-0.4, -0.2) is 15.7 Å². The van der Waals surface area contributed by atoms with E-state index in [0.717, 1.165) is 17.2 Å². The van der Waals surface area contributed by atoms with Gasteiger partial charge in [0.05, 0.1) is 21.6 Å². The van der Waals surface area contributed by atoms with Gasteiger partial charge in [-0.3, -0.25) is 25.1 Å². The summed E-state index contributed by atoms with van der Waals surface area (Å²) >= 11 is 0. The van der Waals surface area contributed by atoms with Crippen LogP contribution in [0.15, 0.2) is 108 Å². The van der Waals surface area contributed by atoms with E-state index in [2.05, 4.69) is 0 Å². The molecule has 0 saturated heterocycles. The van der Waals surface area contributed by atoms with E-state index < -0.39 is 15.5 Å². The number of non-ortho nitro benzene ring substituents is 1. The fourth-order valence-corrected chi connectivity index (χ4v) is 3.49. The van der Waals surface area contributed by atoms with E-state index in [4.69, 9.17) is 4.99 Å². The average molecular weight is 452 g/mol. The highest BCUT2D eigenvalue weighted by Gasteiger charge is 2.28. The lowest BCUT2D eigenvalue weighted by atomic mass is 10.1. The highest BCUT2D eigenvalue weighted by Crippen LogP contribution is 2.38. The molecule has 0 amide bonds. The normalized spacial score (nSPS) is 11.1. The number of hydrogen-bond acceptors (Lipinski definition) is 5. The second-order valence-corrected chi connectivity index (χ2v) is 7.50. The molecule has 0 radical (unpaired) electrons. The summed E-state index contributed by atoms with van der Waals surface area (Å²) in [4.78, 5) is 28.5. The first-order valence-electron chi connectivity index (χ1n) is 10.4. The third-order valence-corrected chi connectivity index (χ3v) is 5.13. The van der Waals surface area contributed by atoms with Gasteiger partial charge >= 0.3 is 0 Å². The molecule has 0 spiro atoms. The van der Waals surface area contributed by atoms with E-state index >= 15 is 0 Å². The van der Waals surface area contributed by atoms with E-state index in [1.807, 2.05) is 79.7 Å². The molecule has 0 aliphatic heterocycles. The van der Waals surface area contributed by atoms with Gasteiger partial charge < -0.3 is 0 Å². The Morgan fingerprint density at radius 3 is 1.97 bits per heavy atom. The summed E-state index contributed by atoms with van der Waals surface area (Å²) in [5.74, 6) is 0.438. The van der Waals surface area contributed by atoms with Crippen LogP contribution in [0.4, 0.5) is 28.4 Å². The minimum absolute atomic E-state index is 0.163. The molecule has 8 nitrogen and oxygen atoms in total. The van der Waals surface area contributed by atoms with Crippen LogP contribution in [-0.2, 0) is 0 Å². The Kier molecular flexibility index (Phi) is 6.40. The van der Waals surface area contributed by atoms with Crippen molar-refractivity contribution in [3.8, 4) is 0 Å². The predicted molar refractivity (Wildman–Crippen MR) is 132 cm³/mol. The molecular weight excluding hydrogens is 432 g/mol. The summed E-state index contributed by atoms with van der Waals surface area (Å²) in [7, 11) is 0. The maximum atomic E-state index is 12.0. The van der Waals surface area contributed by atoms with Gasteiger partial charge in [-0.25, -0.2) is 4.99 Å². The molecule has 0 heterocycles. The minimum Gasteiger partial charge on any atom is -0.288 e. The Labute approximate surface area is 195 Å². The van der Waals surface area contributed by atoms with Crippen molar-refractivity contribution < 1.29 is 9.85 Å². The van der Waals surface area contributed by atoms with E-state index in [0.29, 0.717) is 17.2 Å². The predicted octanol–water partition coefficient (Wildman–Crippen LogP) is 6.73. The second-order valence-electron chi connectivity index (χ2n) is 7.50.